The smallest absolute Gasteiger partial charge is 0.323 e. The van der Waals surface area contributed by atoms with Gasteiger partial charge in [-0.05, 0) is 52.6 Å². The number of nitrogens with one attached hydrogen (secondary N) is 2. The highest BCUT2D eigenvalue weighted by atomic mass is 32.2. The zero-order valence-corrected chi connectivity index (χ0v) is 43.5. The van der Waals surface area contributed by atoms with Gasteiger partial charge in [-0.3, -0.25) is 33.8 Å². The Balaban J connectivity index is 1.17. The Morgan fingerprint density at radius 2 is 0.795 bits per heavy atom. The molecule has 0 aliphatic rings. The quantitative estimate of drug-likeness (QED) is 0.0202. The van der Waals surface area contributed by atoms with Crippen molar-refractivity contribution in [1.29, 1.82) is 0 Å². The molecule has 382 valence electrons. The number of unbranched alkanes of at least 4 members (excludes halogenated alkanes) is 1. The summed E-state index contributed by atoms with van der Waals surface area (Å²) in [5.41, 5.74) is 6.75. The van der Waals surface area contributed by atoms with Crippen molar-refractivity contribution >= 4 is 53.2 Å². The minimum Gasteiger partial charge on any atom is -0.468 e. The Morgan fingerprint density at radius 3 is 1.14 bits per heavy atom. The number of carbonyl (C=O) groups is 5. The summed E-state index contributed by atoms with van der Waals surface area (Å²) in [5, 5.41) is 6.20. The molecule has 2 N–H and O–H groups in total. The molecule has 12 nitrogen and oxygen atoms in total. The van der Waals surface area contributed by atoms with Crippen LogP contribution >= 0.6 is 23.5 Å². The topological polar surface area (TPSA) is 144 Å². The number of esters is 3. The van der Waals surface area contributed by atoms with Gasteiger partial charge in [-0.15, -0.1) is 23.5 Å². The predicted molar refractivity (Wildman–Crippen MR) is 291 cm³/mol. The van der Waals surface area contributed by atoms with Crippen LogP contribution in [0.3, 0.4) is 0 Å². The number of rotatable bonds is 29. The van der Waals surface area contributed by atoms with E-state index in [0.717, 1.165) is 33.4 Å². The van der Waals surface area contributed by atoms with Crippen molar-refractivity contribution in [1.82, 2.24) is 20.4 Å². The zero-order chi connectivity index (χ0) is 51.7. The second-order valence-corrected chi connectivity index (χ2v) is 19.9. The molecular weight excluding hydrogens is 957 g/mol. The third-order valence-electron chi connectivity index (χ3n) is 12.5. The molecule has 0 aromatic heterocycles. The van der Waals surface area contributed by atoms with Crippen LogP contribution in [0.25, 0.3) is 0 Å². The van der Waals surface area contributed by atoms with Crippen LogP contribution in [0.4, 0.5) is 0 Å². The number of ether oxygens (including phenoxy) is 3. The standard InChI is InChI=1S/C59H66N4O8S2/c1-69-55(66)44-63(45-56(67)70-2)52(57(68)71-3)36-22-23-37-60-53(64)42-62(39-41-73-59(49-30-16-7-17-31-49,50-32-18-8-19-33-50)51-34-20-9-21-35-51)43-54(65)61-38-40-72-58(46-24-10-4-11-25-46,47-26-12-5-13-27-47)48-28-14-6-15-29-48/h4-21,24-35,52H,22-23,36-45H2,1-3H3,(H,60,64)(H,61,65). The monoisotopic (exact) mass is 1020 g/mol. The molecule has 14 heteroatoms. The van der Waals surface area contributed by atoms with E-state index >= 15 is 0 Å². The Bertz CT molecular complexity index is 2410. The number of carbonyl (C=O) groups excluding carboxylic acids is 5. The van der Waals surface area contributed by atoms with Gasteiger partial charge in [0.15, 0.2) is 0 Å². The molecule has 6 aromatic carbocycles. The van der Waals surface area contributed by atoms with Crippen molar-refractivity contribution in [2.75, 3.05) is 78.6 Å². The lowest BCUT2D eigenvalue weighted by molar-refractivity contribution is -0.153. The number of methoxy groups -OCH3 is 3. The first-order chi connectivity index (χ1) is 35.6. The van der Waals surface area contributed by atoms with Crippen LogP contribution in [0.2, 0.25) is 0 Å². The van der Waals surface area contributed by atoms with Gasteiger partial charge in [-0.25, -0.2) is 0 Å². The number of benzene rings is 6. The van der Waals surface area contributed by atoms with Crippen LogP contribution in [0.15, 0.2) is 182 Å². The van der Waals surface area contributed by atoms with Gasteiger partial charge in [0.05, 0.1) is 57.0 Å². The molecular formula is C59H66N4O8S2. The van der Waals surface area contributed by atoms with Gasteiger partial charge in [-0.2, -0.15) is 0 Å². The van der Waals surface area contributed by atoms with Gasteiger partial charge in [0.2, 0.25) is 11.8 Å². The summed E-state index contributed by atoms with van der Waals surface area (Å²) < 4.78 is 13.5. The van der Waals surface area contributed by atoms with Crippen molar-refractivity contribution in [3.05, 3.63) is 215 Å². The minimum absolute atomic E-state index is 0.00805. The van der Waals surface area contributed by atoms with Crippen LogP contribution in [0.5, 0.6) is 0 Å². The molecule has 0 aliphatic carbocycles. The van der Waals surface area contributed by atoms with E-state index in [1.54, 1.807) is 23.5 Å². The third kappa shape index (κ3) is 15.4. The number of nitrogens with zero attached hydrogens (tertiary/aromatic N) is 2. The van der Waals surface area contributed by atoms with Crippen LogP contribution in [-0.4, -0.2) is 124 Å². The highest BCUT2D eigenvalue weighted by Gasteiger charge is 2.38. The van der Waals surface area contributed by atoms with E-state index < -0.39 is 33.4 Å². The maximum atomic E-state index is 14.1. The summed E-state index contributed by atoms with van der Waals surface area (Å²) >= 11 is 3.53. The molecule has 6 rings (SSSR count). The number of amides is 2. The highest BCUT2D eigenvalue weighted by molar-refractivity contribution is 8.00. The second kappa shape index (κ2) is 29.1. The second-order valence-electron chi connectivity index (χ2n) is 17.3. The molecule has 0 fully saturated rings. The Kier molecular flexibility index (Phi) is 22.2. The molecule has 73 heavy (non-hydrogen) atoms. The molecule has 2 amide bonds. The van der Waals surface area contributed by atoms with Crippen molar-refractivity contribution < 1.29 is 38.2 Å². The largest absolute Gasteiger partial charge is 0.468 e. The first kappa shape index (κ1) is 55.6. The Hall–Kier alpha value is -6.71. The molecule has 1 atom stereocenters. The summed E-state index contributed by atoms with van der Waals surface area (Å²) in [5.74, 6) is -1.12. The first-order valence-electron chi connectivity index (χ1n) is 24.5. The fraction of sp³-hybridized carbons (Fsp3) is 0.305. The molecule has 0 heterocycles. The van der Waals surface area contributed by atoms with Crippen LogP contribution < -0.4 is 10.6 Å². The van der Waals surface area contributed by atoms with Crippen LogP contribution in [0.1, 0.15) is 52.6 Å². The molecule has 1 unspecified atom stereocenters. The van der Waals surface area contributed by atoms with Gasteiger partial charge in [0.1, 0.15) is 6.04 Å². The van der Waals surface area contributed by atoms with Gasteiger partial charge in [0.25, 0.3) is 0 Å². The number of hydrogen-bond donors (Lipinski definition) is 2. The normalized spacial score (nSPS) is 11.9. The number of hydrogen-bond acceptors (Lipinski definition) is 12. The SMILES string of the molecule is COC(=O)CN(CC(=O)OC)C(CCCCNC(=O)CN(CCSC(c1ccccc1)(c1ccccc1)c1ccccc1)CC(=O)NCCSC(c1ccccc1)(c1ccccc1)c1ccccc1)C(=O)OC. The maximum absolute atomic E-state index is 14.1. The number of thioether (sulfide) groups is 2. The van der Waals surface area contributed by atoms with Gasteiger partial charge in [0, 0.05) is 31.1 Å². The summed E-state index contributed by atoms with van der Waals surface area (Å²) in [4.78, 5) is 68.5. The molecule has 0 saturated carbocycles. The summed E-state index contributed by atoms with van der Waals surface area (Å²) in [6, 6.07) is 61.7. The van der Waals surface area contributed by atoms with Gasteiger partial charge in [-0.1, -0.05) is 182 Å². The third-order valence-corrected chi connectivity index (χ3v) is 15.6. The molecule has 0 bridgehead atoms. The van der Waals surface area contributed by atoms with E-state index in [-0.39, 0.29) is 51.0 Å². The van der Waals surface area contributed by atoms with Crippen molar-refractivity contribution in [2.24, 2.45) is 0 Å². The lowest BCUT2D eigenvalue weighted by Crippen LogP contribution is -2.47. The lowest BCUT2D eigenvalue weighted by atomic mass is 9.84. The first-order valence-corrected chi connectivity index (χ1v) is 26.4. The Morgan fingerprint density at radius 1 is 0.452 bits per heavy atom. The lowest BCUT2D eigenvalue weighted by Gasteiger charge is -2.36. The molecule has 6 aromatic rings. The summed E-state index contributed by atoms with van der Waals surface area (Å²) in [7, 11) is 3.69. The zero-order valence-electron chi connectivity index (χ0n) is 41.9. The molecule has 0 saturated heterocycles. The summed E-state index contributed by atoms with van der Waals surface area (Å²) in [6.45, 7) is 0.431. The predicted octanol–water partition coefficient (Wildman–Crippen LogP) is 8.33. The van der Waals surface area contributed by atoms with Crippen LogP contribution in [0, 0.1) is 0 Å². The van der Waals surface area contributed by atoms with Crippen molar-refractivity contribution in [2.45, 2.75) is 34.8 Å². The fourth-order valence-corrected chi connectivity index (χ4v) is 12.0. The molecule has 0 aliphatic heterocycles. The molecule has 0 spiro atoms. The Labute approximate surface area is 438 Å². The average molecular weight is 1020 g/mol. The highest BCUT2D eigenvalue weighted by Crippen LogP contribution is 2.49. The van der Waals surface area contributed by atoms with Crippen molar-refractivity contribution in [3.63, 3.8) is 0 Å². The minimum atomic E-state index is -0.926. The molecule has 0 radical (unpaired) electrons. The average Bonchev–Trinajstić information content (AvgIpc) is 3.44. The van der Waals surface area contributed by atoms with Crippen LogP contribution in [-0.2, 0) is 47.7 Å². The summed E-state index contributed by atoms with van der Waals surface area (Å²) in [6.07, 6.45) is 1.19. The van der Waals surface area contributed by atoms with E-state index in [1.165, 1.54) is 26.2 Å². The fourth-order valence-electron chi connectivity index (χ4n) is 9.00. The van der Waals surface area contributed by atoms with Gasteiger partial charge >= 0.3 is 17.9 Å². The van der Waals surface area contributed by atoms with E-state index in [1.807, 2.05) is 41.3 Å². The van der Waals surface area contributed by atoms with E-state index in [9.17, 15) is 24.0 Å². The maximum Gasteiger partial charge on any atom is 0.323 e. The van der Waals surface area contributed by atoms with Gasteiger partial charge < -0.3 is 24.8 Å². The van der Waals surface area contributed by atoms with E-state index in [0.29, 0.717) is 37.4 Å². The van der Waals surface area contributed by atoms with E-state index in [2.05, 4.69) is 156 Å². The van der Waals surface area contributed by atoms with Crippen molar-refractivity contribution in [3.8, 4) is 0 Å². The van der Waals surface area contributed by atoms with E-state index in [4.69, 9.17) is 14.2 Å².